The number of nitrogens with two attached hydrogens (primary N) is 1. The number of hydrogen-bond donors (Lipinski definition) is 2. The van der Waals surface area contributed by atoms with Crippen molar-refractivity contribution >= 4 is 29.2 Å². The molecule has 0 saturated carbocycles. The fourth-order valence-corrected chi connectivity index (χ4v) is 2.91. The summed E-state index contributed by atoms with van der Waals surface area (Å²) in [5, 5.41) is 0.689. The number of nitrogens with one attached hydrogen (secondary N) is 1. The molecule has 2 aromatic rings. The molecule has 0 aliphatic carbocycles. The molecule has 0 amide bonds. The number of H-pyrrole nitrogens is 1. The molecule has 1 aromatic heterocycles. The Kier molecular flexibility index (Phi) is 5.09. The van der Waals surface area contributed by atoms with Crippen LogP contribution < -0.4 is 11.3 Å². The van der Waals surface area contributed by atoms with Gasteiger partial charge in [0.1, 0.15) is 11.6 Å². The highest BCUT2D eigenvalue weighted by Gasteiger charge is 2.08. The predicted molar refractivity (Wildman–Crippen MR) is 84.3 cm³/mol. The topological polar surface area (TPSA) is 71.8 Å². The van der Waals surface area contributed by atoms with E-state index in [1.54, 1.807) is 11.8 Å². The highest BCUT2D eigenvalue weighted by molar-refractivity contribution is 7.98. The molecule has 1 aromatic carbocycles. The van der Waals surface area contributed by atoms with Crippen LogP contribution in [0.3, 0.4) is 0 Å². The number of nitrogen functional groups attached to an aromatic ring is 1. The minimum Gasteiger partial charge on any atom is -0.383 e. The SMILES string of the molecule is CCCc1c(N)nc(CSc2cccc(Cl)c2)[nH]c1=O. The first-order valence-electron chi connectivity index (χ1n) is 6.36. The first-order valence-corrected chi connectivity index (χ1v) is 7.72. The fraction of sp³-hybridized carbons (Fsp3) is 0.286. The monoisotopic (exact) mass is 309 g/mol. The number of hydrogen-bond acceptors (Lipinski definition) is 4. The normalized spacial score (nSPS) is 10.7. The second-order valence-electron chi connectivity index (χ2n) is 4.37. The molecule has 0 unspecified atom stereocenters. The lowest BCUT2D eigenvalue weighted by molar-refractivity contribution is 0.874. The molecule has 0 aliphatic rings. The van der Waals surface area contributed by atoms with Crippen molar-refractivity contribution in [1.82, 2.24) is 9.97 Å². The van der Waals surface area contributed by atoms with Gasteiger partial charge in [-0.15, -0.1) is 11.8 Å². The summed E-state index contributed by atoms with van der Waals surface area (Å²) < 4.78 is 0. The average Bonchev–Trinajstić information content (AvgIpc) is 2.41. The van der Waals surface area contributed by atoms with Gasteiger partial charge in [0, 0.05) is 9.92 Å². The van der Waals surface area contributed by atoms with E-state index in [1.807, 2.05) is 31.2 Å². The van der Waals surface area contributed by atoms with E-state index in [1.165, 1.54) is 0 Å². The van der Waals surface area contributed by atoms with Crippen LogP contribution in [0.15, 0.2) is 34.0 Å². The fourth-order valence-electron chi connectivity index (χ4n) is 1.83. The zero-order valence-corrected chi connectivity index (χ0v) is 12.7. The van der Waals surface area contributed by atoms with Crippen molar-refractivity contribution in [2.24, 2.45) is 0 Å². The molecule has 0 bridgehead atoms. The van der Waals surface area contributed by atoms with E-state index in [0.717, 1.165) is 11.3 Å². The Morgan fingerprint density at radius 3 is 2.90 bits per heavy atom. The van der Waals surface area contributed by atoms with Crippen LogP contribution in [-0.4, -0.2) is 9.97 Å². The number of halogens is 1. The van der Waals surface area contributed by atoms with Gasteiger partial charge in [-0.3, -0.25) is 4.79 Å². The largest absolute Gasteiger partial charge is 0.383 e. The van der Waals surface area contributed by atoms with E-state index in [-0.39, 0.29) is 5.56 Å². The molecule has 0 atom stereocenters. The molecule has 0 radical (unpaired) electrons. The summed E-state index contributed by atoms with van der Waals surface area (Å²) in [4.78, 5) is 20.0. The Morgan fingerprint density at radius 2 is 2.25 bits per heavy atom. The quantitative estimate of drug-likeness (QED) is 0.832. The summed E-state index contributed by atoms with van der Waals surface area (Å²) in [5.41, 5.74) is 6.28. The Bertz CT molecular complexity index is 657. The number of nitrogens with zero attached hydrogens (tertiary/aromatic N) is 1. The van der Waals surface area contributed by atoms with Gasteiger partial charge in [0.25, 0.3) is 5.56 Å². The molecular formula is C14H16ClN3OS. The third kappa shape index (κ3) is 3.77. The summed E-state index contributed by atoms with van der Waals surface area (Å²) in [5.74, 6) is 1.46. The van der Waals surface area contributed by atoms with Gasteiger partial charge in [-0.05, 0) is 24.6 Å². The zero-order valence-electron chi connectivity index (χ0n) is 11.1. The van der Waals surface area contributed by atoms with Crippen LogP contribution >= 0.6 is 23.4 Å². The standard InChI is InChI=1S/C14H16ClN3OS/c1-2-4-11-13(16)17-12(18-14(11)19)8-20-10-6-3-5-9(15)7-10/h3,5-7H,2,4,8H2,1H3,(H3,16,17,18,19). The van der Waals surface area contributed by atoms with Crippen molar-refractivity contribution in [2.45, 2.75) is 30.4 Å². The number of rotatable bonds is 5. The van der Waals surface area contributed by atoms with E-state index in [2.05, 4.69) is 9.97 Å². The number of aromatic nitrogens is 2. The first-order chi connectivity index (χ1) is 9.60. The molecule has 1 heterocycles. The van der Waals surface area contributed by atoms with Crippen LogP contribution in [0.1, 0.15) is 24.7 Å². The smallest absolute Gasteiger partial charge is 0.256 e. The predicted octanol–water partition coefficient (Wildman–Crippen LogP) is 3.25. The van der Waals surface area contributed by atoms with E-state index >= 15 is 0 Å². The van der Waals surface area contributed by atoms with Gasteiger partial charge in [0.2, 0.25) is 0 Å². The van der Waals surface area contributed by atoms with E-state index < -0.39 is 0 Å². The Labute approximate surface area is 126 Å². The molecule has 0 saturated heterocycles. The zero-order chi connectivity index (χ0) is 14.5. The molecule has 6 heteroatoms. The minimum absolute atomic E-state index is 0.138. The number of anilines is 1. The Hall–Kier alpha value is -1.46. The van der Waals surface area contributed by atoms with Crippen molar-refractivity contribution < 1.29 is 0 Å². The minimum atomic E-state index is -0.138. The summed E-state index contributed by atoms with van der Waals surface area (Å²) in [7, 11) is 0. The Balaban J connectivity index is 2.13. The molecular weight excluding hydrogens is 294 g/mol. The van der Waals surface area contributed by atoms with Crippen LogP contribution in [0, 0.1) is 0 Å². The van der Waals surface area contributed by atoms with E-state index in [0.29, 0.717) is 34.4 Å². The maximum atomic E-state index is 11.9. The highest BCUT2D eigenvalue weighted by atomic mass is 35.5. The van der Waals surface area contributed by atoms with Gasteiger partial charge in [-0.1, -0.05) is 31.0 Å². The molecule has 3 N–H and O–H groups in total. The van der Waals surface area contributed by atoms with Crippen molar-refractivity contribution in [2.75, 3.05) is 5.73 Å². The lowest BCUT2D eigenvalue weighted by atomic mass is 10.2. The highest BCUT2D eigenvalue weighted by Crippen LogP contribution is 2.24. The second-order valence-corrected chi connectivity index (χ2v) is 5.86. The van der Waals surface area contributed by atoms with Crippen LogP contribution in [-0.2, 0) is 12.2 Å². The van der Waals surface area contributed by atoms with Gasteiger partial charge in [0.15, 0.2) is 0 Å². The van der Waals surface area contributed by atoms with Crippen molar-refractivity contribution in [3.8, 4) is 0 Å². The first kappa shape index (κ1) is 14.9. The van der Waals surface area contributed by atoms with E-state index in [9.17, 15) is 4.79 Å². The summed E-state index contributed by atoms with van der Waals surface area (Å²) in [6.07, 6.45) is 1.52. The third-order valence-electron chi connectivity index (χ3n) is 2.77. The molecule has 106 valence electrons. The molecule has 20 heavy (non-hydrogen) atoms. The average molecular weight is 310 g/mol. The summed E-state index contributed by atoms with van der Waals surface area (Å²) in [6.45, 7) is 2.00. The lowest BCUT2D eigenvalue weighted by Crippen LogP contribution is -2.19. The summed E-state index contributed by atoms with van der Waals surface area (Å²) >= 11 is 7.48. The van der Waals surface area contributed by atoms with Crippen molar-refractivity contribution in [3.05, 3.63) is 51.0 Å². The summed E-state index contributed by atoms with van der Waals surface area (Å²) in [6, 6.07) is 7.55. The Morgan fingerprint density at radius 1 is 1.45 bits per heavy atom. The second kappa shape index (κ2) is 6.81. The van der Waals surface area contributed by atoms with Gasteiger partial charge >= 0.3 is 0 Å². The van der Waals surface area contributed by atoms with Gasteiger partial charge in [-0.2, -0.15) is 0 Å². The number of thioether (sulfide) groups is 1. The lowest BCUT2D eigenvalue weighted by Gasteiger charge is -2.06. The van der Waals surface area contributed by atoms with Gasteiger partial charge in [-0.25, -0.2) is 4.98 Å². The molecule has 4 nitrogen and oxygen atoms in total. The van der Waals surface area contributed by atoms with Crippen LogP contribution in [0.5, 0.6) is 0 Å². The molecule has 0 spiro atoms. The van der Waals surface area contributed by atoms with E-state index in [4.69, 9.17) is 17.3 Å². The van der Waals surface area contributed by atoms with Gasteiger partial charge < -0.3 is 10.7 Å². The maximum Gasteiger partial charge on any atom is 0.256 e. The van der Waals surface area contributed by atoms with Crippen LogP contribution in [0.4, 0.5) is 5.82 Å². The van der Waals surface area contributed by atoms with Gasteiger partial charge in [0.05, 0.1) is 11.3 Å². The molecule has 0 aliphatic heterocycles. The molecule has 2 rings (SSSR count). The van der Waals surface area contributed by atoms with Crippen LogP contribution in [0.25, 0.3) is 0 Å². The third-order valence-corrected chi connectivity index (χ3v) is 4.01. The number of aromatic amines is 1. The molecule has 0 fully saturated rings. The van der Waals surface area contributed by atoms with Crippen LogP contribution in [0.2, 0.25) is 5.02 Å². The number of benzene rings is 1. The van der Waals surface area contributed by atoms with Crippen molar-refractivity contribution in [3.63, 3.8) is 0 Å². The maximum absolute atomic E-state index is 11.9. The van der Waals surface area contributed by atoms with Crippen molar-refractivity contribution in [1.29, 1.82) is 0 Å².